The van der Waals surface area contributed by atoms with Crippen LogP contribution in [0, 0.1) is 11.6 Å². The van der Waals surface area contributed by atoms with Crippen molar-refractivity contribution >= 4 is 6.01 Å². The molecule has 130 valence electrons. The van der Waals surface area contributed by atoms with E-state index >= 15 is 0 Å². The van der Waals surface area contributed by atoms with Crippen molar-refractivity contribution in [2.75, 3.05) is 5.32 Å². The number of aliphatic hydroxyl groups is 1. The van der Waals surface area contributed by atoms with E-state index in [-0.39, 0.29) is 12.4 Å². The van der Waals surface area contributed by atoms with Gasteiger partial charge in [0.2, 0.25) is 5.89 Å². The Morgan fingerprint density at radius 3 is 2.48 bits per heavy atom. The topological polar surface area (TPSA) is 84.1 Å². The van der Waals surface area contributed by atoms with Crippen LogP contribution in [0.4, 0.5) is 14.8 Å². The summed E-state index contributed by atoms with van der Waals surface area (Å²) in [5.41, 5.74) is 1.08. The molecule has 0 saturated heterocycles. The van der Waals surface area contributed by atoms with Gasteiger partial charge in [-0.2, -0.15) is 0 Å². The Labute approximate surface area is 142 Å². The fourth-order valence-corrected chi connectivity index (χ4v) is 2.33. The average Bonchev–Trinajstić information content (AvgIpc) is 3.03. The predicted octanol–water partition coefficient (Wildman–Crippen LogP) is 2.81. The Balaban J connectivity index is 1.63. The van der Waals surface area contributed by atoms with Gasteiger partial charge in [-0.1, -0.05) is 5.10 Å². The van der Waals surface area contributed by atoms with Gasteiger partial charge in [0.05, 0.1) is 12.1 Å². The second-order valence-corrected chi connectivity index (χ2v) is 5.63. The SMILES string of the molecule is CC(Nc1nnc(-c2ccncc2)o1)C(O)Cc1cc(F)cc(F)c1. The molecule has 2 aromatic heterocycles. The lowest BCUT2D eigenvalue weighted by Crippen LogP contribution is -2.32. The van der Waals surface area contributed by atoms with E-state index in [0.717, 1.165) is 11.6 Å². The Morgan fingerprint density at radius 2 is 1.80 bits per heavy atom. The van der Waals surface area contributed by atoms with Gasteiger partial charge in [-0.05, 0) is 36.8 Å². The monoisotopic (exact) mass is 346 g/mol. The maximum atomic E-state index is 13.2. The number of aliphatic hydroxyl groups excluding tert-OH is 1. The molecule has 3 aromatic rings. The molecule has 3 rings (SSSR count). The first-order chi connectivity index (χ1) is 12.0. The molecule has 2 atom stereocenters. The van der Waals surface area contributed by atoms with Crippen LogP contribution in [0.25, 0.3) is 11.5 Å². The third-order valence-electron chi connectivity index (χ3n) is 3.65. The zero-order valence-corrected chi connectivity index (χ0v) is 13.4. The summed E-state index contributed by atoms with van der Waals surface area (Å²) in [7, 11) is 0. The number of anilines is 1. The highest BCUT2D eigenvalue weighted by atomic mass is 19.1. The molecule has 0 aliphatic heterocycles. The third-order valence-corrected chi connectivity index (χ3v) is 3.65. The van der Waals surface area contributed by atoms with E-state index in [9.17, 15) is 13.9 Å². The van der Waals surface area contributed by atoms with Crippen molar-refractivity contribution in [3.63, 3.8) is 0 Å². The maximum absolute atomic E-state index is 13.2. The normalized spacial score (nSPS) is 13.4. The van der Waals surface area contributed by atoms with Crippen molar-refractivity contribution in [1.82, 2.24) is 15.2 Å². The molecule has 6 nitrogen and oxygen atoms in total. The minimum Gasteiger partial charge on any atom is -0.403 e. The van der Waals surface area contributed by atoms with E-state index in [0.29, 0.717) is 11.5 Å². The molecule has 0 fully saturated rings. The van der Waals surface area contributed by atoms with E-state index in [1.165, 1.54) is 12.1 Å². The molecule has 0 aliphatic carbocycles. The fourth-order valence-electron chi connectivity index (χ4n) is 2.33. The molecule has 0 aliphatic rings. The molecule has 0 bridgehead atoms. The first kappa shape index (κ1) is 17.0. The quantitative estimate of drug-likeness (QED) is 0.714. The number of pyridine rings is 1. The Bertz CT molecular complexity index is 821. The Morgan fingerprint density at radius 1 is 1.12 bits per heavy atom. The van der Waals surface area contributed by atoms with E-state index < -0.39 is 23.8 Å². The third kappa shape index (κ3) is 4.36. The zero-order chi connectivity index (χ0) is 17.8. The van der Waals surface area contributed by atoms with E-state index in [1.54, 1.807) is 31.5 Å². The van der Waals surface area contributed by atoms with Crippen LogP contribution < -0.4 is 5.32 Å². The van der Waals surface area contributed by atoms with E-state index in [2.05, 4.69) is 20.5 Å². The number of aromatic nitrogens is 3. The average molecular weight is 346 g/mol. The van der Waals surface area contributed by atoms with Crippen molar-refractivity contribution in [3.8, 4) is 11.5 Å². The summed E-state index contributed by atoms with van der Waals surface area (Å²) in [5, 5.41) is 20.9. The van der Waals surface area contributed by atoms with Crippen LogP contribution in [0.3, 0.4) is 0 Å². The van der Waals surface area contributed by atoms with Crippen LogP contribution in [-0.2, 0) is 6.42 Å². The molecular weight excluding hydrogens is 330 g/mol. The number of benzene rings is 1. The lowest BCUT2D eigenvalue weighted by atomic mass is 10.0. The molecule has 8 heteroatoms. The number of hydrogen-bond acceptors (Lipinski definition) is 6. The van der Waals surface area contributed by atoms with Crippen LogP contribution in [-0.4, -0.2) is 32.4 Å². The minimum atomic E-state index is -0.905. The summed E-state index contributed by atoms with van der Waals surface area (Å²) < 4.78 is 31.9. The molecule has 2 heterocycles. The van der Waals surface area contributed by atoms with Gasteiger partial charge < -0.3 is 14.8 Å². The Hall–Kier alpha value is -2.87. The molecule has 2 N–H and O–H groups in total. The lowest BCUT2D eigenvalue weighted by Gasteiger charge is -2.19. The summed E-state index contributed by atoms with van der Waals surface area (Å²) in [6.07, 6.45) is 2.39. The van der Waals surface area contributed by atoms with Gasteiger partial charge in [-0.25, -0.2) is 8.78 Å². The van der Waals surface area contributed by atoms with Crippen molar-refractivity contribution in [2.45, 2.75) is 25.5 Å². The summed E-state index contributed by atoms with van der Waals surface area (Å²) >= 11 is 0. The largest absolute Gasteiger partial charge is 0.403 e. The molecule has 1 aromatic carbocycles. The van der Waals surface area contributed by atoms with E-state index in [1.807, 2.05) is 0 Å². The summed E-state index contributed by atoms with van der Waals surface area (Å²) in [4.78, 5) is 3.91. The van der Waals surface area contributed by atoms with Gasteiger partial charge in [0.25, 0.3) is 0 Å². The highest BCUT2D eigenvalue weighted by molar-refractivity contribution is 5.51. The zero-order valence-electron chi connectivity index (χ0n) is 13.4. The lowest BCUT2D eigenvalue weighted by molar-refractivity contribution is 0.157. The van der Waals surface area contributed by atoms with Crippen molar-refractivity contribution in [3.05, 3.63) is 59.9 Å². The van der Waals surface area contributed by atoms with Gasteiger partial charge in [0, 0.05) is 30.4 Å². The van der Waals surface area contributed by atoms with Crippen LogP contribution in [0.5, 0.6) is 0 Å². The fraction of sp³-hybridized carbons (Fsp3) is 0.235. The number of halogens is 2. The van der Waals surface area contributed by atoms with Gasteiger partial charge in [0.1, 0.15) is 11.6 Å². The van der Waals surface area contributed by atoms with Crippen LogP contribution in [0.15, 0.2) is 47.1 Å². The molecule has 0 radical (unpaired) electrons. The van der Waals surface area contributed by atoms with Crippen LogP contribution in [0.2, 0.25) is 0 Å². The van der Waals surface area contributed by atoms with Crippen LogP contribution in [0.1, 0.15) is 12.5 Å². The molecule has 25 heavy (non-hydrogen) atoms. The number of nitrogens with zero attached hydrogens (tertiary/aromatic N) is 3. The standard InChI is InChI=1S/C17H16F2N4O2/c1-10(15(24)8-11-6-13(18)9-14(19)7-11)21-17-23-22-16(25-17)12-2-4-20-5-3-12/h2-7,9-10,15,24H,8H2,1H3,(H,21,23). The Kier molecular flexibility index (Phi) is 4.99. The molecule has 0 saturated carbocycles. The second-order valence-electron chi connectivity index (χ2n) is 5.63. The van der Waals surface area contributed by atoms with Gasteiger partial charge in [0.15, 0.2) is 0 Å². The van der Waals surface area contributed by atoms with Gasteiger partial charge in [-0.15, -0.1) is 5.10 Å². The summed E-state index contributed by atoms with van der Waals surface area (Å²) in [6.45, 7) is 1.70. The first-order valence-electron chi connectivity index (χ1n) is 7.65. The highest BCUT2D eigenvalue weighted by Crippen LogP contribution is 2.20. The summed E-state index contributed by atoms with van der Waals surface area (Å²) in [5.74, 6) is -1.04. The van der Waals surface area contributed by atoms with Gasteiger partial charge >= 0.3 is 6.01 Å². The van der Waals surface area contributed by atoms with E-state index in [4.69, 9.17) is 4.42 Å². The smallest absolute Gasteiger partial charge is 0.316 e. The molecule has 0 spiro atoms. The highest BCUT2D eigenvalue weighted by Gasteiger charge is 2.18. The number of nitrogens with one attached hydrogen (secondary N) is 1. The van der Waals surface area contributed by atoms with Gasteiger partial charge in [-0.3, -0.25) is 4.98 Å². The van der Waals surface area contributed by atoms with Crippen molar-refractivity contribution in [1.29, 1.82) is 0 Å². The maximum Gasteiger partial charge on any atom is 0.316 e. The minimum absolute atomic E-state index is 0.0776. The van der Waals surface area contributed by atoms with Crippen molar-refractivity contribution < 1.29 is 18.3 Å². The number of rotatable bonds is 6. The number of hydrogen-bond donors (Lipinski definition) is 2. The first-order valence-corrected chi connectivity index (χ1v) is 7.65. The molecule has 0 amide bonds. The molecular formula is C17H16F2N4O2. The predicted molar refractivity (Wildman–Crippen MR) is 86.7 cm³/mol. The second kappa shape index (κ2) is 7.35. The van der Waals surface area contributed by atoms with Crippen LogP contribution >= 0.6 is 0 Å². The summed E-state index contributed by atoms with van der Waals surface area (Å²) in [6, 6.07) is 6.29. The van der Waals surface area contributed by atoms with Crippen molar-refractivity contribution in [2.24, 2.45) is 0 Å². The molecule has 2 unspecified atom stereocenters.